The molecule has 0 fully saturated rings. The Balaban J connectivity index is 1.45. The maximum Gasteiger partial charge on any atom is 0.0889 e. The highest BCUT2D eigenvalue weighted by atomic mass is 32.1. The monoisotopic (exact) mass is 516 g/mol. The molecule has 0 saturated carbocycles. The summed E-state index contributed by atoms with van der Waals surface area (Å²) in [5.74, 6) is 0. The van der Waals surface area contributed by atoms with Crippen LogP contribution in [0, 0.1) is 6.92 Å². The van der Waals surface area contributed by atoms with E-state index in [1.54, 1.807) is 0 Å². The number of hydrogen-bond acceptors (Lipinski definition) is 2. The lowest BCUT2D eigenvalue weighted by Gasteiger charge is -2.18. The largest absolute Gasteiger partial charge is 0.309 e. The fourth-order valence-corrected chi connectivity index (χ4v) is 7.31. The smallest absolute Gasteiger partial charge is 0.0889 e. The minimum absolute atomic E-state index is 1.05. The van der Waals surface area contributed by atoms with Gasteiger partial charge in [0.2, 0.25) is 0 Å². The number of nitrogens with zero attached hydrogens (tertiary/aromatic N) is 2. The Kier molecular flexibility index (Phi) is 4.94. The molecular weight excluding hydrogens is 492 g/mol. The van der Waals surface area contributed by atoms with Crippen LogP contribution in [0.2, 0.25) is 0 Å². The number of fused-ring (bicyclic) bond motifs is 6. The summed E-state index contributed by atoms with van der Waals surface area (Å²) in [6.07, 6.45) is 1.96. The lowest BCUT2D eigenvalue weighted by atomic mass is 9.92. The van der Waals surface area contributed by atoms with Gasteiger partial charge in [0.25, 0.3) is 0 Å². The normalized spacial score (nSPS) is 11.7. The van der Waals surface area contributed by atoms with Crippen molar-refractivity contribution < 1.29 is 0 Å². The molecule has 8 rings (SSSR count). The van der Waals surface area contributed by atoms with Crippen LogP contribution in [0.25, 0.3) is 70.0 Å². The van der Waals surface area contributed by atoms with Gasteiger partial charge in [-0.05, 0) is 48.4 Å². The van der Waals surface area contributed by atoms with Crippen molar-refractivity contribution in [2.75, 3.05) is 0 Å². The minimum atomic E-state index is 1.05. The first-order chi connectivity index (χ1) is 19.3. The van der Waals surface area contributed by atoms with Crippen LogP contribution < -0.4 is 0 Å². The van der Waals surface area contributed by atoms with Gasteiger partial charge in [0, 0.05) is 43.6 Å². The topological polar surface area (TPSA) is 17.8 Å². The summed E-state index contributed by atoms with van der Waals surface area (Å²) in [6, 6.07) is 43.6. The maximum atomic E-state index is 5.02. The number of benzene rings is 5. The fourth-order valence-electron chi connectivity index (χ4n) is 6.11. The summed E-state index contributed by atoms with van der Waals surface area (Å²) >= 11 is 1.83. The molecule has 0 radical (unpaired) electrons. The number of pyridine rings is 1. The Morgan fingerprint density at radius 2 is 1.21 bits per heavy atom. The van der Waals surface area contributed by atoms with E-state index in [2.05, 4.69) is 133 Å². The zero-order valence-electron chi connectivity index (χ0n) is 21.4. The summed E-state index contributed by atoms with van der Waals surface area (Å²) < 4.78 is 4.95. The van der Waals surface area contributed by atoms with Gasteiger partial charge in [0.1, 0.15) is 0 Å². The SMILES string of the molecule is Cc1cccc(-c2ccccc2-n2c3ccccc3c3ccccc32)c1-c1nccc2c1sc1ccccc12. The number of aryl methyl sites for hydroxylation is 1. The average molecular weight is 517 g/mol. The van der Waals surface area contributed by atoms with Gasteiger partial charge in [-0.1, -0.05) is 91.0 Å². The molecule has 0 atom stereocenters. The molecule has 0 aliphatic heterocycles. The van der Waals surface area contributed by atoms with E-state index in [9.17, 15) is 0 Å². The van der Waals surface area contributed by atoms with Crippen LogP contribution in [0.5, 0.6) is 0 Å². The Bertz CT molecular complexity index is 2140. The van der Waals surface area contributed by atoms with Crippen molar-refractivity contribution in [2.45, 2.75) is 6.92 Å². The molecule has 8 aromatic rings. The highest BCUT2D eigenvalue weighted by Crippen LogP contribution is 2.44. The van der Waals surface area contributed by atoms with Crippen LogP contribution in [0.15, 0.2) is 128 Å². The average Bonchev–Trinajstić information content (AvgIpc) is 3.53. The summed E-state index contributed by atoms with van der Waals surface area (Å²) in [5, 5.41) is 5.10. The molecule has 3 heteroatoms. The van der Waals surface area contributed by atoms with Crippen molar-refractivity contribution in [1.82, 2.24) is 9.55 Å². The third-order valence-corrected chi connectivity index (χ3v) is 9.01. The second kappa shape index (κ2) is 8.65. The zero-order valence-corrected chi connectivity index (χ0v) is 22.2. The third kappa shape index (κ3) is 3.30. The van der Waals surface area contributed by atoms with Crippen molar-refractivity contribution >= 4 is 53.3 Å². The van der Waals surface area contributed by atoms with Gasteiger partial charge in [-0.25, -0.2) is 0 Å². The predicted octanol–water partition coefficient (Wildman–Crippen LogP) is 10.2. The highest BCUT2D eigenvalue weighted by Gasteiger charge is 2.20. The lowest BCUT2D eigenvalue weighted by Crippen LogP contribution is -1.99. The molecule has 0 bridgehead atoms. The van der Waals surface area contributed by atoms with Crippen LogP contribution in [0.4, 0.5) is 0 Å². The molecule has 39 heavy (non-hydrogen) atoms. The quantitative estimate of drug-likeness (QED) is 0.228. The minimum Gasteiger partial charge on any atom is -0.309 e. The molecule has 5 aromatic carbocycles. The van der Waals surface area contributed by atoms with E-state index in [1.165, 1.54) is 69.9 Å². The van der Waals surface area contributed by atoms with Crippen molar-refractivity contribution in [3.05, 3.63) is 133 Å². The zero-order chi connectivity index (χ0) is 25.9. The molecule has 0 aliphatic rings. The Morgan fingerprint density at radius 3 is 2.00 bits per heavy atom. The van der Waals surface area contributed by atoms with E-state index in [0.717, 1.165) is 5.69 Å². The summed E-state index contributed by atoms with van der Waals surface area (Å²) in [5.41, 5.74) is 9.47. The number of hydrogen-bond donors (Lipinski definition) is 0. The fraction of sp³-hybridized carbons (Fsp3) is 0.0278. The van der Waals surface area contributed by atoms with Crippen LogP contribution in [-0.4, -0.2) is 9.55 Å². The molecule has 184 valence electrons. The van der Waals surface area contributed by atoms with Gasteiger partial charge in [0.05, 0.1) is 27.1 Å². The molecule has 0 spiro atoms. The van der Waals surface area contributed by atoms with E-state index in [-0.39, 0.29) is 0 Å². The van der Waals surface area contributed by atoms with Gasteiger partial charge in [0.15, 0.2) is 0 Å². The van der Waals surface area contributed by atoms with E-state index in [1.807, 2.05) is 17.5 Å². The first kappa shape index (κ1) is 22.3. The Morgan fingerprint density at radius 1 is 0.564 bits per heavy atom. The van der Waals surface area contributed by atoms with Crippen molar-refractivity contribution in [2.24, 2.45) is 0 Å². The Hall–Kier alpha value is -4.73. The van der Waals surface area contributed by atoms with Gasteiger partial charge in [-0.3, -0.25) is 4.98 Å². The standard InChI is InChI=1S/C36H24N2S/c1-23-11-10-16-28(34(23)35-36-29(21-22-37-35)27-15-5-9-20-33(27)39-36)26-14-4-8-19-32(26)38-30-17-6-2-12-24(30)25-13-3-7-18-31(25)38/h2-22H,1H3. The maximum absolute atomic E-state index is 5.02. The van der Waals surface area contributed by atoms with Crippen molar-refractivity contribution in [3.63, 3.8) is 0 Å². The molecule has 0 saturated heterocycles. The number of rotatable bonds is 3. The predicted molar refractivity (Wildman–Crippen MR) is 167 cm³/mol. The van der Waals surface area contributed by atoms with Gasteiger partial charge in [-0.15, -0.1) is 11.3 Å². The second-order valence-corrected chi connectivity index (χ2v) is 11.1. The molecule has 2 nitrogen and oxygen atoms in total. The first-order valence-corrected chi connectivity index (χ1v) is 14.1. The highest BCUT2D eigenvalue weighted by molar-refractivity contribution is 7.26. The molecule has 0 amide bonds. The van der Waals surface area contributed by atoms with Gasteiger partial charge in [-0.2, -0.15) is 0 Å². The summed E-state index contributed by atoms with van der Waals surface area (Å²) in [6.45, 7) is 2.20. The first-order valence-electron chi connectivity index (χ1n) is 13.2. The number of para-hydroxylation sites is 3. The molecule has 0 unspecified atom stereocenters. The Labute approximate surface area is 230 Å². The van der Waals surface area contributed by atoms with E-state index in [0.29, 0.717) is 0 Å². The lowest BCUT2D eigenvalue weighted by molar-refractivity contribution is 1.18. The molecule has 0 aliphatic carbocycles. The van der Waals surface area contributed by atoms with E-state index < -0.39 is 0 Å². The summed E-state index contributed by atoms with van der Waals surface area (Å²) in [7, 11) is 0. The van der Waals surface area contributed by atoms with Gasteiger partial charge < -0.3 is 4.57 Å². The molecule has 3 heterocycles. The van der Waals surface area contributed by atoms with Crippen LogP contribution >= 0.6 is 11.3 Å². The van der Waals surface area contributed by atoms with Crippen LogP contribution in [0.3, 0.4) is 0 Å². The summed E-state index contributed by atoms with van der Waals surface area (Å²) in [4.78, 5) is 5.02. The van der Waals surface area contributed by atoms with Crippen LogP contribution in [-0.2, 0) is 0 Å². The third-order valence-electron chi connectivity index (χ3n) is 7.82. The number of thiophene rings is 1. The van der Waals surface area contributed by atoms with Crippen molar-refractivity contribution in [1.29, 1.82) is 0 Å². The van der Waals surface area contributed by atoms with Crippen molar-refractivity contribution in [3.8, 4) is 28.1 Å². The molecule has 3 aromatic heterocycles. The van der Waals surface area contributed by atoms with Gasteiger partial charge >= 0.3 is 0 Å². The second-order valence-electron chi connectivity index (χ2n) is 10.0. The van der Waals surface area contributed by atoms with E-state index >= 15 is 0 Å². The molecule has 0 N–H and O–H groups in total. The number of aromatic nitrogens is 2. The molecular formula is C36H24N2S. The van der Waals surface area contributed by atoms with E-state index in [4.69, 9.17) is 4.98 Å². The van der Waals surface area contributed by atoms with Crippen LogP contribution in [0.1, 0.15) is 5.56 Å².